The fourth-order valence-electron chi connectivity index (χ4n) is 1.61. The van der Waals surface area contributed by atoms with Gasteiger partial charge in [0.05, 0.1) is 23.0 Å². The van der Waals surface area contributed by atoms with Gasteiger partial charge >= 0.3 is 6.36 Å². The molecule has 1 heterocycles. The Labute approximate surface area is 117 Å². The molecule has 1 aromatic carbocycles. The van der Waals surface area contributed by atoms with E-state index in [0.717, 1.165) is 0 Å². The van der Waals surface area contributed by atoms with E-state index in [1.165, 1.54) is 24.3 Å². The molecule has 0 radical (unpaired) electrons. The van der Waals surface area contributed by atoms with Crippen LogP contribution in [0.15, 0.2) is 36.4 Å². The number of aliphatic hydroxyl groups is 1. The molecule has 0 saturated carbocycles. The number of aliphatic hydroxyl groups excluding tert-OH is 1. The van der Waals surface area contributed by atoms with Crippen LogP contribution in [-0.4, -0.2) is 16.5 Å². The van der Waals surface area contributed by atoms with Crippen molar-refractivity contribution in [3.8, 4) is 17.0 Å². The third-order valence-electron chi connectivity index (χ3n) is 2.43. The van der Waals surface area contributed by atoms with Crippen LogP contribution in [0.3, 0.4) is 0 Å². The fourth-order valence-corrected chi connectivity index (χ4v) is 1.77. The maximum absolute atomic E-state index is 12.2. The number of ether oxygens (including phenoxy) is 1. The topological polar surface area (TPSA) is 42.4 Å². The Hall–Kier alpha value is -1.79. The van der Waals surface area contributed by atoms with E-state index in [-0.39, 0.29) is 18.1 Å². The standard InChI is InChI=1S/C13H9ClF3NO2/c14-10-4-5-11(18-12(10)7-19)8-2-1-3-9(6-8)20-13(15,16)17/h1-6,19H,7H2. The van der Waals surface area contributed by atoms with Crippen molar-refractivity contribution >= 4 is 11.6 Å². The predicted octanol–water partition coefficient (Wildman–Crippen LogP) is 3.79. The van der Waals surface area contributed by atoms with Crippen LogP contribution >= 0.6 is 11.6 Å². The van der Waals surface area contributed by atoms with Gasteiger partial charge in [-0.2, -0.15) is 0 Å². The first-order valence-corrected chi connectivity index (χ1v) is 5.89. The van der Waals surface area contributed by atoms with Crippen LogP contribution in [0, 0.1) is 0 Å². The number of rotatable bonds is 3. The van der Waals surface area contributed by atoms with Crippen LogP contribution in [0.25, 0.3) is 11.3 Å². The highest BCUT2D eigenvalue weighted by atomic mass is 35.5. The van der Waals surface area contributed by atoms with Crippen molar-refractivity contribution < 1.29 is 23.0 Å². The number of hydrogen-bond donors (Lipinski definition) is 1. The van der Waals surface area contributed by atoms with Gasteiger partial charge < -0.3 is 9.84 Å². The minimum absolute atomic E-state index is 0.256. The molecule has 0 aliphatic heterocycles. The highest BCUT2D eigenvalue weighted by Crippen LogP contribution is 2.28. The Kier molecular flexibility index (Phi) is 4.15. The summed E-state index contributed by atoms with van der Waals surface area (Å²) in [5.74, 6) is -0.336. The zero-order chi connectivity index (χ0) is 14.8. The molecule has 0 fully saturated rings. The van der Waals surface area contributed by atoms with Crippen LogP contribution in [0.4, 0.5) is 13.2 Å². The molecule has 2 aromatic rings. The summed E-state index contributed by atoms with van der Waals surface area (Å²) >= 11 is 5.81. The van der Waals surface area contributed by atoms with E-state index in [1.807, 2.05) is 0 Å². The Morgan fingerprint density at radius 3 is 2.60 bits per heavy atom. The second-order valence-corrected chi connectivity index (χ2v) is 4.27. The van der Waals surface area contributed by atoms with E-state index in [0.29, 0.717) is 16.3 Å². The lowest BCUT2D eigenvalue weighted by Crippen LogP contribution is -2.17. The molecule has 1 N–H and O–H groups in total. The Morgan fingerprint density at radius 2 is 1.95 bits per heavy atom. The molecule has 20 heavy (non-hydrogen) atoms. The average Bonchev–Trinajstić information content (AvgIpc) is 2.37. The Bertz CT molecular complexity index is 617. The number of nitrogens with zero attached hydrogens (tertiary/aromatic N) is 1. The lowest BCUT2D eigenvalue weighted by Gasteiger charge is -2.10. The number of benzene rings is 1. The molecule has 0 saturated heterocycles. The van der Waals surface area contributed by atoms with Crippen LogP contribution < -0.4 is 4.74 Å². The summed E-state index contributed by atoms with van der Waals surface area (Å²) in [6.45, 7) is -0.356. The molecule has 2 rings (SSSR count). The molecule has 0 aliphatic carbocycles. The fraction of sp³-hybridized carbons (Fsp3) is 0.154. The predicted molar refractivity (Wildman–Crippen MR) is 67.3 cm³/mol. The molecule has 1 aromatic heterocycles. The van der Waals surface area contributed by atoms with Crippen LogP contribution in [-0.2, 0) is 6.61 Å². The van der Waals surface area contributed by atoms with Gasteiger partial charge in [-0.25, -0.2) is 4.98 Å². The maximum atomic E-state index is 12.2. The van der Waals surface area contributed by atoms with Crippen LogP contribution in [0.2, 0.25) is 5.02 Å². The molecule has 0 aliphatic rings. The lowest BCUT2D eigenvalue weighted by atomic mass is 10.1. The van der Waals surface area contributed by atoms with Gasteiger partial charge in [0.1, 0.15) is 5.75 Å². The van der Waals surface area contributed by atoms with Gasteiger partial charge in [-0.05, 0) is 24.3 Å². The van der Waals surface area contributed by atoms with E-state index in [9.17, 15) is 13.2 Å². The number of aromatic nitrogens is 1. The quantitative estimate of drug-likeness (QED) is 0.938. The highest BCUT2D eigenvalue weighted by Gasteiger charge is 2.31. The molecular formula is C13H9ClF3NO2. The Balaban J connectivity index is 2.36. The summed E-state index contributed by atoms with van der Waals surface area (Å²) in [5, 5.41) is 9.37. The van der Waals surface area contributed by atoms with Gasteiger partial charge in [-0.1, -0.05) is 23.7 Å². The third-order valence-corrected chi connectivity index (χ3v) is 2.78. The van der Waals surface area contributed by atoms with Gasteiger partial charge in [-0.3, -0.25) is 0 Å². The third kappa shape index (κ3) is 3.61. The molecular weight excluding hydrogens is 295 g/mol. The van der Waals surface area contributed by atoms with Gasteiger partial charge in [0.25, 0.3) is 0 Å². The first-order valence-electron chi connectivity index (χ1n) is 5.51. The van der Waals surface area contributed by atoms with Gasteiger partial charge in [0.2, 0.25) is 0 Å². The van der Waals surface area contributed by atoms with Crippen molar-refractivity contribution in [2.45, 2.75) is 13.0 Å². The summed E-state index contributed by atoms with van der Waals surface area (Å²) in [5.41, 5.74) is 1.08. The van der Waals surface area contributed by atoms with E-state index >= 15 is 0 Å². The first-order chi connectivity index (χ1) is 9.39. The van der Waals surface area contributed by atoms with Gasteiger partial charge in [0.15, 0.2) is 0 Å². The summed E-state index contributed by atoms with van der Waals surface area (Å²) in [6.07, 6.45) is -4.75. The van der Waals surface area contributed by atoms with E-state index in [1.54, 1.807) is 12.1 Å². The van der Waals surface area contributed by atoms with Gasteiger partial charge in [0, 0.05) is 5.56 Å². The van der Waals surface area contributed by atoms with Crippen molar-refractivity contribution in [1.29, 1.82) is 0 Å². The molecule has 0 atom stereocenters. The zero-order valence-electron chi connectivity index (χ0n) is 9.99. The van der Waals surface area contributed by atoms with Crippen molar-refractivity contribution in [3.05, 3.63) is 47.1 Å². The highest BCUT2D eigenvalue weighted by molar-refractivity contribution is 6.31. The summed E-state index contributed by atoms with van der Waals surface area (Å²) in [7, 11) is 0. The van der Waals surface area contributed by atoms with E-state index < -0.39 is 6.36 Å². The monoisotopic (exact) mass is 303 g/mol. The second-order valence-electron chi connectivity index (χ2n) is 3.86. The molecule has 3 nitrogen and oxygen atoms in total. The molecule has 7 heteroatoms. The minimum Gasteiger partial charge on any atom is -0.406 e. The van der Waals surface area contributed by atoms with Gasteiger partial charge in [-0.15, -0.1) is 13.2 Å². The molecule has 106 valence electrons. The summed E-state index contributed by atoms with van der Waals surface area (Å²) in [6, 6.07) is 8.48. The minimum atomic E-state index is -4.75. The molecule has 0 spiro atoms. The Morgan fingerprint density at radius 1 is 1.20 bits per heavy atom. The maximum Gasteiger partial charge on any atom is 0.573 e. The van der Waals surface area contributed by atoms with Crippen molar-refractivity contribution in [2.24, 2.45) is 0 Å². The van der Waals surface area contributed by atoms with Crippen LogP contribution in [0.1, 0.15) is 5.69 Å². The van der Waals surface area contributed by atoms with E-state index in [4.69, 9.17) is 16.7 Å². The number of pyridine rings is 1. The first kappa shape index (κ1) is 14.6. The average molecular weight is 304 g/mol. The van der Waals surface area contributed by atoms with Crippen LogP contribution in [0.5, 0.6) is 5.75 Å². The zero-order valence-corrected chi connectivity index (χ0v) is 10.7. The molecule has 0 unspecified atom stereocenters. The SMILES string of the molecule is OCc1nc(-c2cccc(OC(F)(F)F)c2)ccc1Cl. The van der Waals surface area contributed by atoms with E-state index in [2.05, 4.69) is 9.72 Å². The number of hydrogen-bond acceptors (Lipinski definition) is 3. The summed E-state index contributed by atoms with van der Waals surface area (Å²) in [4.78, 5) is 4.08. The summed E-state index contributed by atoms with van der Waals surface area (Å²) < 4.78 is 40.3. The number of alkyl halides is 3. The normalized spacial score (nSPS) is 11.4. The number of halogens is 4. The smallest absolute Gasteiger partial charge is 0.406 e. The molecule has 0 bridgehead atoms. The van der Waals surface area contributed by atoms with Crippen molar-refractivity contribution in [1.82, 2.24) is 4.98 Å². The molecule has 0 amide bonds. The van der Waals surface area contributed by atoms with Crippen molar-refractivity contribution in [2.75, 3.05) is 0 Å². The lowest BCUT2D eigenvalue weighted by molar-refractivity contribution is -0.274. The van der Waals surface area contributed by atoms with Crippen molar-refractivity contribution in [3.63, 3.8) is 0 Å². The second kappa shape index (κ2) is 5.68. The largest absolute Gasteiger partial charge is 0.573 e.